The van der Waals surface area contributed by atoms with Crippen molar-refractivity contribution in [3.8, 4) is 11.3 Å². The van der Waals surface area contributed by atoms with Gasteiger partial charge >= 0.3 is 0 Å². The fourth-order valence-corrected chi connectivity index (χ4v) is 1.80. The zero-order valence-electron chi connectivity index (χ0n) is 7.79. The van der Waals surface area contributed by atoms with Gasteiger partial charge in [-0.1, -0.05) is 0 Å². The van der Waals surface area contributed by atoms with Crippen molar-refractivity contribution in [2.75, 3.05) is 0 Å². The van der Waals surface area contributed by atoms with E-state index in [-0.39, 0.29) is 5.96 Å². The summed E-state index contributed by atoms with van der Waals surface area (Å²) in [5.74, 6) is 0.0191. The maximum atomic E-state index is 5.26. The van der Waals surface area contributed by atoms with E-state index in [9.17, 15) is 0 Å². The number of guanidine groups is 1. The molecule has 0 unspecified atom stereocenters. The molecule has 2 rings (SSSR count). The van der Waals surface area contributed by atoms with Crippen molar-refractivity contribution < 1.29 is 0 Å². The average molecular weight is 219 g/mol. The molecule has 2 aromatic rings. The molecule has 5 nitrogen and oxygen atoms in total. The zero-order valence-corrected chi connectivity index (χ0v) is 8.61. The third-order valence-corrected chi connectivity index (χ3v) is 2.43. The molecule has 0 aromatic carbocycles. The second-order valence-corrected chi connectivity index (χ2v) is 3.62. The first-order valence-electron chi connectivity index (χ1n) is 4.21. The maximum Gasteiger partial charge on any atom is 0.212 e. The van der Waals surface area contributed by atoms with E-state index in [1.54, 1.807) is 12.4 Å². The third kappa shape index (κ3) is 2.29. The topological polar surface area (TPSA) is 90.2 Å². The van der Waals surface area contributed by atoms with Crippen molar-refractivity contribution in [3.63, 3.8) is 0 Å². The summed E-state index contributed by atoms with van der Waals surface area (Å²) in [6.07, 6.45) is 3.43. The molecule has 0 aliphatic rings. The first-order valence-corrected chi connectivity index (χ1v) is 5.09. The van der Waals surface area contributed by atoms with Crippen LogP contribution in [-0.2, 0) is 0 Å². The van der Waals surface area contributed by atoms with Gasteiger partial charge in [0.2, 0.25) is 5.13 Å². The normalized spacial score (nSPS) is 9.87. The Balaban J connectivity index is 2.32. The Labute approximate surface area is 90.5 Å². The molecule has 6 heteroatoms. The van der Waals surface area contributed by atoms with Gasteiger partial charge in [-0.05, 0) is 12.1 Å². The van der Waals surface area contributed by atoms with Crippen LogP contribution in [0.15, 0.2) is 34.9 Å². The lowest BCUT2D eigenvalue weighted by molar-refractivity contribution is 1.30. The van der Waals surface area contributed by atoms with Crippen molar-refractivity contribution >= 4 is 22.4 Å². The smallest absolute Gasteiger partial charge is 0.212 e. The lowest BCUT2D eigenvalue weighted by Crippen LogP contribution is -2.21. The van der Waals surface area contributed by atoms with Gasteiger partial charge in [-0.2, -0.15) is 4.99 Å². The number of nitrogens with two attached hydrogens (primary N) is 2. The molecule has 0 aliphatic heterocycles. The molecular weight excluding hydrogens is 210 g/mol. The van der Waals surface area contributed by atoms with Crippen LogP contribution in [0, 0.1) is 0 Å². The summed E-state index contributed by atoms with van der Waals surface area (Å²) < 4.78 is 0. The number of aromatic nitrogens is 2. The SMILES string of the molecule is NC(N)=Nc1nc(-c2ccncc2)cs1. The van der Waals surface area contributed by atoms with E-state index in [1.165, 1.54) is 11.3 Å². The summed E-state index contributed by atoms with van der Waals surface area (Å²) in [4.78, 5) is 12.1. The molecule has 4 N–H and O–H groups in total. The Hall–Kier alpha value is -1.95. The molecule has 0 spiro atoms. The van der Waals surface area contributed by atoms with Gasteiger partial charge in [-0.3, -0.25) is 4.98 Å². The second kappa shape index (κ2) is 4.05. The van der Waals surface area contributed by atoms with Crippen LogP contribution in [0.25, 0.3) is 11.3 Å². The van der Waals surface area contributed by atoms with Gasteiger partial charge in [0, 0.05) is 23.3 Å². The van der Waals surface area contributed by atoms with Gasteiger partial charge in [0.1, 0.15) is 0 Å². The van der Waals surface area contributed by atoms with Crippen LogP contribution in [0.3, 0.4) is 0 Å². The predicted molar refractivity (Wildman–Crippen MR) is 60.8 cm³/mol. The maximum absolute atomic E-state index is 5.26. The van der Waals surface area contributed by atoms with Crippen LogP contribution in [0.5, 0.6) is 0 Å². The van der Waals surface area contributed by atoms with Crippen LogP contribution in [0.2, 0.25) is 0 Å². The van der Waals surface area contributed by atoms with Crippen molar-refractivity contribution in [1.82, 2.24) is 9.97 Å². The molecule has 0 aliphatic carbocycles. The van der Waals surface area contributed by atoms with Crippen molar-refractivity contribution in [2.45, 2.75) is 0 Å². The summed E-state index contributed by atoms with van der Waals surface area (Å²) in [6, 6.07) is 3.77. The first-order chi connectivity index (χ1) is 7.25. The third-order valence-electron chi connectivity index (χ3n) is 1.69. The Kier molecular flexibility index (Phi) is 2.59. The highest BCUT2D eigenvalue weighted by atomic mass is 32.1. The van der Waals surface area contributed by atoms with E-state index < -0.39 is 0 Å². The van der Waals surface area contributed by atoms with Gasteiger partial charge < -0.3 is 11.5 Å². The van der Waals surface area contributed by atoms with E-state index in [1.807, 2.05) is 17.5 Å². The minimum absolute atomic E-state index is 0.0191. The Morgan fingerprint density at radius 3 is 2.67 bits per heavy atom. The first kappa shape index (κ1) is 9.60. The highest BCUT2D eigenvalue weighted by Gasteiger charge is 2.02. The fraction of sp³-hybridized carbons (Fsp3) is 0. The van der Waals surface area contributed by atoms with Gasteiger partial charge in [0.25, 0.3) is 0 Å². The van der Waals surface area contributed by atoms with Crippen molar-refractivity contribution in [1.29, 1.82) is 0 Å². The van der Waals surface area contributed by atoms with Crippen molar-refractivity contribution in [2.24, 2.45) is 16.5 Å². The molecule has 0 saturated carbocycles. The summed E-state index contributed by atoms with van der Waals surface area (Å²) in [6.45, 7) is 0. The number of hydrogen-bond acceptors (Lipinski definition) is 4. The fourth-order valence-electron chi connectivity index (χ4n) is 1.08. The number of aliphatic imine (C=N–C) groups is 1. The Morgan fingerprint density at radius 2 is 2.00 bits per heavy atom. The number of hydrogen-bond donors (Lipinski definition) is 2. The summed E-state index contributed by atoms with van der Waals surface area (Å²) >= 11 is 1.39. The Morgan fingerprint density at radius 1 is 1.27 bits per heavy atom. The van der Waals surface area contributed by atoms with E-state index in [2.05, 4.69) is 15.0 Å². The summed E-state index contributed by atoms with van der Waals surface area (Å²) in [7, 11) is 0. The molecule has 0 saturated heterocycles. The summed E-state index contributed by atoms with van der Waals surface area (Å²) in [5, 5.41) is 2.46. The average Bonchev–Trinajstić information content (AvgIpc) is 2.67. The second-order valence-electron chi connectivity index (χ2n) is 2.79. The molecular formula is C9H9N5S. The molecule has 2 heterocycles. The van der Waals surface area contributed by atoms with Crippen LogP contribution >= 0.6 is 11.3 Å². The number of pyridine rings is 1. The molecule has 0 fully saturated rings. The van der Waals surface area contributed by atoms with Gasteiger partial charge in [0.05, 0.1) is 5.69 Å². The van der Waals surface area contributed by atoms with Gasteiger partial charge in [-0.25, -0.2) is 4.98 Å². The number of rotatable bonds is 2. The predicted octanol–water partition coefficient (Wildman–Crippen LogP) is 1.11. The van der Waals surface area contributed by atoms with E-state index in [0.29, 0.717) is 5.13 Å². The molecule has 15 heavy (non-hydrogen) atoms. The molecule has 2 aromatic heterocycles. The lowest BCUT2D eigenvalue weighted by atomic mass is 10.2. The number of thiazole rings is 1. The minimum Gasteiger partial charge on any atom is -0.370 e. The molecule has 76 valence electrons. The molecule has 0 radical (unpaired) electrons. The van der Waals surface area contributed by atoms with Crippen LogP contribution in [0.4, 0.5) is 5.13 Å². The Bertz CT molecular complexity index is 472. The zero-order chi connectivity index (χ0) is 10.7. The lowest BCUT2D eigenvalue weighted by Gasteiger charge is -1.92. The van der Waals surface area contributed by atoms with Gasteiger partial charge in [-0.15, -0.1) is 11.3 Å². The highest BCUT2D eigenvalue weighted by molar-refractivity contribution is 7.13. The van der Waals surface area contributed by atoms with E-state index in [4.69, 9.17) is 11.5 Å². The summed E-state index contributed by atoms with van der Waals surface area (Å²) in [5.41, 5.74) is 12.4. The van der Waals surface area contributed by atoms with Crippen LogP contribution in [-0.4, -0.2) is 15.9 Å². The minimum atomic E-state index is 0.0191. The van der Waals surface area contributed by atoms with E-state index in [0.717, 1.165) is 11.3 Å². The highest BCUT2D eigenvalue weighted by Crippen LogP contribution is 2.25. The van der Waals surface area contributed by atoms with Crippen LogP contribution < -0.4 is 11.5 Å². The van der Waals surface area contributed by atoms with E-state index >= 15 is 0 Å². The molecule has 0 bridgehead atoms. The molecule has 0 atom stereocenters. The van der Waals surface area contributed by atoms with Gasteiger partial charge in [0.15, 0.2) is 5.96 Å². The van der Waals surface area contributed by atoms with Crippen molar-refractivity contribution in [3.05, 3.63) is 29.9 Å². The number of nitrogens with zero attached hydrogens (tertiary/aromatic N) is 3. The largest absolute Gasteiger partial charge is 0.370 e. The standard InChI is InChI=1S/C9H9N5S/c10-8(11)14-9-13-7(5-15-9)6-1-3-12-4-2-6/h1-5H,(H4,10,11,13,14). The van der Waals surface area contributed by atoms with Crippen LogP contribution in [0.1, 0.15) is 0 Å². The quantitative estimate of drug-likeness (QED) is 0.584. The monoisotopic (exact) mass is 219 g/mol. The molecule has 0 amide bonds.